The number of ether oxygens (including phenoxy) is 1. The zero-order valence-electron chi connectivity index (χ0n) is 16.5. The Hall–Kier alpha value is -2.17. The standard InChI is InChI=1S/C21H29NO4/c1-13-11-18(16(4)15(3)14(13)2)19(24)12-26-20(25)21(22-17(5)23)9-7-6-8-10-21/h11H,6-10,12H2,1-5H3,(H,22,23). The van der Waals surface area contributed by atoms with Gasteiger partial charge in [0.25, 0.3) is 0 Å². The summed E-state index contributed by atoms with van der Waals surface area (Å²) in [7, 11) is 0. The first-order valence-electron chi connectivity index (χ1n) is 9.24. The monoisotopic (exact) mass is 359 g/mol. The molecule has 0 unspecified atom stereocenters. The SMILES string of the molecule is CC(=O)NC1(C(=O)OCC(=O)c2cc(C)c(C)c(C)c2C)CCCCC1. The summed E-state index contributed by atoms with van der Waals surface area (Å²) in [5, 5.41) is 2.77. The molecule has 1 aromatic rings. The number of esters is 1. The van der Waals surface area contributed by atoms with Crippen molar-refractivity contribution in [1.82, 2.24) is 5.32 Å². The molecule has 1 fully saturated rings. The highest BCUT2D eigenvalue weighted by Crippen LogP contribution is 2.30. The van der Waals surface area contributed by atoms with E-state index in [1.165, 1.54) is 12.5 Å². The number of ketones is 1. The quantitative estimate of drug-likeness (QED) is 0.645. The predicted octanol–water partition coefficient (Wildman–Crippen LogP) is 3.49. The van der Waals surface area contributed by atoms with E-state index in [9.17, 15) is 14.4 Å². The number of carbonyl (C=O) groups is 3. The number of Topliss-reactive ketones (excluding diaryl/α,β-unsaturated/α-hetero) is 1. The number of aryl methyl sites for hydroxylation is 1. The van der Waals surface area contributed by atoms with Gasteiger partial charge < -0.3 is 10.1 Å². The Morgan fingerprint density at radius 3 is 2.19 bits per heavy atom. The molecule has 1 saturated carbocycles. The maximum Gasteiger partial charge on any atom is 0.332 e. The van der Waals surface area contributed by atoms with Gasteiger partial charge in [-0.15, -0.1) is 0 Å². The van der Waals surface area contributed by atoms with Crippen LogP contribution in [0.3, 0.4) is 0 Å². The van der Waals surface area contributed by atoms with E-state index < -0.39 is 11.5 Å². The van der Waals surface area contributed by atoms with Gasteiger partial charge in [0.15, 0.2) is 6.61 Å². The van der Waals surface area contributed by atoms with Gasteiger partial charge in [0.05, 0.1) is 0 Å². The van der Waals surface area contributed by atoms with Gasteiger partial charge in [-0.25, -0.2) is 4.79 Å². The van der Waals surface area contributed by atoms with Crippen LogP contribution in [0.25, 0.3) is 0 Å². The molecule has 5 heteroatoms. The Kier molecular flexibility index (Phi) is 6.21. The molecule has 5 nitrogen and oxygen atoms in total. The van der Waals surface area contributed by atoms with Crippen LogP contribution < -0.4 is 5.32 Å². The van der Waals surface area contributed by atoms with Gasteiger partial charge in [-0.1, -0.05) is 19.3 Å². The maximum absolute atomic E-state index is 12.7. The smallest absolute Gasteiger partial charge is 0.332 e. The van der Waals surface area contributed by atoms with Crippen LogP contribution in [0.5, 0.6) is 0 Å². The van der Waals surface area contributed by atoms with Gasteiger partial charge in [-0.3, -0.25) is 9.59 Å². The van der Waals surface area contributed by atoms with Gasteiger partial charge in [0.1, 0.15) is 5.54 Å². The van der Waals surface area contributed by atoms with Crippen molar-refractivity contribution < 1.29 is 19.1 Å². The van der Waals surface area contributed by atoms with E-state index in [1.54, 1.807) is 0 Å². The van der Waals surface area contributed by atoms with E-state index >= 15 is 0 Å². The maximum atomic E-state index is 12.7. The van der Waals surface area contributed by atoms with Gasteiger partial charge in [-0.05, 0) is 68.9 Å². The molecule has 0 bridgehead atoms. The number of hydrogen-bond donors (Lipinski definition) is 1. The highest BCUT2D eigenvalue weighted by atomic mass is 16.5. The predicted molar refractivity (Wildman–Crippen MR) is 100 cm³/mol. The molecule has 1 N–H and O–H groups in total. The Balaban J connectivity index is 2.13. The summed E-state index contributed by atoms with van der Waals surface area (Å²) >= 11 is 0. The van der Waals surface area contributed by atoms with E-state index in [0.717, 1.165) is 36.0 Å². The Labute approximate surface area is 155 Å². The molecule has 0 aromatic heterocycles. The Morgan fingerprint density at radius 1 is 1.00 bits per heavy atom. The Morgan fingerprint density at radius 2 is 1.62 bits per heavy atom. The molecule has 142 valence electrons. The fraction of sp³-hybridized carbons (Fsp3) is 0.571. The van der Waals surface area contributed by atoms with Gasteiger partial charge in [0.2, 0.25) is 11.7 Å². The van der Waals surface area contributed by atoms with Crippen molar-refractivity contribution in [2.24, 2.45) is 0 Å². The lowest BCUT2D eigenvalue weighted by molar-refractivity contribution is -0.154. The fourth-order valence-corrected chi connectivity index (χ4v) is 3.72. The summed E-state index contributed by atoms with van der Waals surface area (Å²) in [6, 6.07) is 1.86. The molecule has 0 aliphatic heterocycles. The molecule has 0 spiro atoms. The second-order valence-electron chi connectivity index (χ2n) is 7.44. The Bertz CT molecular complexity index is 730. The van der Waals surface area contributed by atoms with Crippen molar-refractivity contribution in [2.75, 3.05) is 6.61 Å². The molecular weight excluding hydrogens is 330 g/mol. The summed E-state index contributed by atoms with van der Waals surface area (Å²) in [6.45, 7) is 9.01. The van der Waals surface area contributed by atoms with Crippen LogP contribution in [0.2, 0.25) is 0 Å². The van der Waals surface area contributed by atoms with Gasteiger partial charge in [0, 0.05) is 12.5 Å². The largest absolute Gasteiger partial charge is 0.456 e. The van der Waals surface area contributed by atoms with Crippen molar-refractivity contribution in [3.63, 3.8) is 0 Å². The van der Waals surface area contributed by atoms with Crippen molar-refractivity contribution in [3.8, 4) is 0 Å². The minimum absolute atomic E-state index is 0.212. The molecule has 26 heavy (non-hydrogen) atoms. The summed E-state index contributed by atoms with van der Waals surface area (Å²) in [6.07, 6.45) is 3.87. The van der Waals surface area contributed by atoms with Crippen molar-refractivity contribution in [1.29, 1.82) is 0 Å². The first kappa shape index (κ1) is 20.1. The topological polar surface area (TPSA) is 72.5 Å². The zero-order chi connectivity index (χ0) is 19.5. The lowest BCUT2D eigenvalue weighted by Crippen LogP contribution is -2.56. The third-order valence-corrected chi connectivity index (χ3v) is 5.63. The van der Waals surface area contributed by atoms with E-state index in [0.29, 0.717) is 18.4 Å². The van der Waals surface area contributed by atoms with Gasteiger partial charge >= 0.3 is 5.97 Å². The van der Waals surface area contributed by atoms with E-state index in [1.807, 2.05) is 33.8 Å². The molecule has 1 aromatic carbocycles. The highest BCUT2D eigenvalue weighted by Gasteiger charge is 2.42. The molecule has 1 aliphatic carbocycles. The molecule has 1 amide bonds. The molecule has 0 saturated heterocycles. The fourth-order valence-electron chi connectivity index (χ4n) is 3.72. The van der Waals surface area contributed by atoms with Crippen molar-refractivity contribution >= 4 is 17.7 Å². The minimum atomic E-state index is -0.988. The van der Waals surface area contributed by atoms with E-state index in [4.69, 9.17) is 4.74 Å². The third kappa shape index (κ3) is 4.14. The number of carbonyl (C=O) groups excluding carboxylic acids is 3. The van der Waals surface area contributed by atoms with Crippen LogP contribution in [0.4, 0.5) is 0 Å². The first-order valence-corrected chi connectivity index (χ1v) is 9.24. The highest BCUT2D eigenvalue weighted by molar-refractivity contribution is 6.00. The van der Waals surface area contributed by atoms with Crippen LogP contribution in [-0.4, -0.2) is 29.8 Å². The number of benzene rings is 1. The number of nitrogens with one attached hydrogen (secondary N) is 1. The zero-order valence-corrected chi connectivity index (χ0v) is 16.5. The average Bonchev–Trinajstić information content (AvgIpc) is 2.60. The number of rotatable bonds is 5. The van der Waals surface area contributed by atoms with E-state index in [-0.39, 0.29) is 18.3 Å². The van der Waals surface area contributed by atoms with Crippen molar-refractivity contribution in [2.45, 2.75) is 72.3 Å². The lowest BCUT2D eigenvalue weighted by Gasteiger charge is -2.35. The molecule has 1 aliphatic rings. The second kappa shape index (κ2) is 8.02. The summed E-state index contributed by atoms with van der Waals surface area (Å²) < 4.78 is 5.36. The summed E-state index contributed by atoms with van der Waals surface area (Å²) in [5.41, 5.74) is 3.83. The second-order valence-corrected chi connectivity index (χ2v) is 7.44. The molecule has 0 atom stereocenters. The van der Waals surface area contributed by atoms with E-state index in [2.05, 4.69) is 5.32 Å². The van der Waals surface area contributed by atoms with Crippen LogP contribution >= 0.6 is 0 Å². The minimum Gasteiger partial charge on any atom is -0.456 e. The number of amides is 1. The number of hydrogen-bond acceptors (Lipinski definition) is 4. The van der Waals surface area contributed by atoms with Crippen molar-refractivity contribution in [3.05, 3.63) is 33.9 Å². The van der Waals surface area contributed by atoms with Crippen LogP contribution in [-0.2, 0) is 14.3 Å². The van der Waals surface area contributed by atoms with Crippen LogP contribution in [0.1, 0.15) is 71.6 Å². The lowest BCUT2D eigenvalue weighted by atomic mass is 9.81. The normalized spacial score (nSPS) is 16.0. The van der Waals surface area contributed by atoms with Crippen LogP contribution in [0, 0.1) is 27.7 Å². The summed E-state index contributed by atoms with van der Waals surface area (Å²) in [5.74, 6) is -0.967. The molecule has 2 rings (SSSR count). The molecule has 0 radical (unpaired) electrons. The summed E-state index contributed by atoms with van der Waals surface area (Å²) in [4.78, 5) is 36.9. The first-order chi connectivity index (χ1) is 12.2. The van der Waals surface area contributed by atoms with Crippen LogP contribution in [0.15, 0.2) is 6.07 Å². The average molecular weight is 359 g/mol. The van der Waals surface area contributed by atoms with Gasteiger partial charge in [-0.2, -0.15) is 0 Å². The molecule has 0 heterocycles. The molecular formula is C21H29NO4. The third-order valence-electron chi connectivity index (χ3n) is 5.63.